The second kappa shape index (κ2) is 2.73. The molecule has 1 aliphatic heterocycles. The smallest absolute Gasteiger partial charge is 0.253 e. The minimum Gasteiger partial charge on any atom is -0.297 e. The molecule has 3 nitrogen and oxygen atoms in total. The maximum atomic E-state index is 11.4. The van der Waals surface area contributed by atoms with Gasteiger partial charge in [-0.2, -0.15) is 0 Å². The van der Waals surface area contributed by atoms with E-state index in [1.165, 1.54) is 0 Å². The zero-order chi connectivity index (χ0) is 8.55. The van der Waals surface area contributed by atoms with E-state index in [9.17, 15) is 4.79 Å². The molecule has 64 valence electrons. The van der Waals surface area contributed by atoms with Crippen LogP contribution < -0.4 is 5.56 Å². The lowest BCUT2D eigenvalue weighted by Crippen LogP contribution is -2.20. The summed E-state index contributed by atoms with van der Waals surface area (Å²) in [6, 6.07) is 1.65. The molecule has 0 spiro atoms. The van der Waals surface area contributed by atoms with Gasteiger partial charge in [0.2, 0.25) is 0 Å². The van der Waals surface area contributed by atoms with Gasteiger partial charge in [0.1, 0.15) is 5.82 Å². The molecule has 1 aromatic heterocycles. The Bertz CT molecular complexity index is 354. The summed E-state index contributed by atoms with van der Waals surface area (Å²) in [5.74, 6) is 0.972. The third-order valence-corrected chi connectivity index (χ3v) is 2.28. The first-order valence-electron chi connectivity index (χ1n) is 4.41. The van der Waals surface area contributed by atoms with Gasteiger partial charge in [0.15, 0.2) is 0 Å². The van der Waals surface area contributed by atoms with Crippen molar-refractivity contribution in [1.29, 1.82) is 0 Å². The van der Waals surface area contributed by atoms with E-state index < -0.39 is 0 Å². The van der Waals surface area contributed by atoms with Crippen molar-refractivity contribution in [1.82, 2.24) is 9.55 Å². The normalized spacial score (nSPS) is 14.8. The first-order valence-corrected chi connectivity index (χ1v) is 4.41. The molecule has 2 heterocycles. The van der Waals surface area contributed by atoms with Crippen LogP contribution in [0.4, 0.5) is 0 Å². The Kier molecular flexibility index (Phi) is 1.71. The van der Waals surface area contributed by atoms with E-state index in [1.807, 2.05) is 6.92 Å². The Hall–Kier alpha value is -1.12. The fourth-order valence-corrected chi connectivity index (χ4v) is 1.61. The average Bonchev–Trinajstić information content (AvgIpc) is 2.52. The zero-order valence-corrected chi connectivity index (χ0v) is 7.21. The number of aromatic nitrogens is 2. The molecule has 0 saturated heterocycles. The molecule has 0 amide bonds. The quantitative estimate of drug-likeness (QED) is 0.614. The van der Waals surface area contributed by atoms with Crippen LogP contribution in [0, 0.1) is 0 Å². The summed E-state index contributed by atoms with van der Waals surface area (Å²) in [5, 5.41) is 0. The van der Waals surface area contributed by atoms with Gasteiger partial charge < -0.3 is 0 Å². The molecule has 2 rings (SSSR count). The molecule has 0 saturated carbocycles. The van der Waals surface area contributed by atoms with Gasteiger partial charge in [-0.15, -0.1) is 0 Å². The zero-order valence-electron chi connectivity index (χ0n) is 7.21. The fourth-order valence-electron chi connectivity index (χ4n) is 1.61. The lowest BCUT2D eigenvalue weighted by molar-refractivity contribution is 0.704. The van der Waals surface area contributed by atoms with Gasteiger partial charge in [0, 0.05) is 24.7 Å². The Labute approximate surface area is 71.1 Å². The van der Waals surface area contributed by atoms with E-state index in [0.29, 0.717) is 0 Å². The summed E-state index contributed by atoms with van der Waals surface area (Å²) in [6.07, 6.45) is 2.88. The van der Waals surface area contributed by atoms with Gasteiger partial charge >= 0.3 is 0 Å². The van der Waals surface area contributed by atoms with Crippen molar-refractivity contribution in [3.8, 4) is 0 Å². The molecule has 0 aliphatic carbocycles. The van der Waals surface area contributed by atoms with Crippen LogP contribution in [-0.4, -0.2) is 9.55 Å². The van der Waals surface area contributed by atoms with E-state index in [0.717, 1.165) is 37.3 Å². The first kappa shape index (κ1) is 7.53. The summed E-state index contributed by atoms with van der Waals surface area (Å²) >= 11 is 0. The summed E-state index contributed by atoms with van der Waals surface area (Å²) < 4.78 is 1.78. The Morgan fingerprint density at radius 3 is 3.25 bits per heavy atom. The van der Waals surface area contributed by atoms with E-state index >= 15 is 0 Å². The number of hydrogen-bond acceptors (Lipinski definition) is 2. The molecule has 1 aliphatic rings. The van der Waals surface area contributed by atoms with E-state index in [4.69, 9.17) is 0 Å². The van der Waals surface area contributed by atoms with E-state index in [2.05, 4.69) is 4.98 Å². The topological polar surface area (TPSA) is 34.9 Å². The molecule has 0 atom stereocenters. The number of rotatable bonds is 1. The Morgan fingerprint density at radius 1 is 1.67 bits per heavy atom. The van der Waals surface area contributed by atoms with E-state index in [-0.39, 0.29) is 5.56 Å². The highest BCUT2D eigenvalue weighted by Crippen LogP contribution is 2.08. The lowest BCUT2D eigenvalue weighted by Gasteiger charge is -2.02. The van der Waals surface area contributed by atoms with Gasteiger partial charge in [-0.05, 0) is 12.8 Å². The molecule has 0 N–H and O–H groups in total. The molecule has 0 bridgehead atoms. The molecular formula is C9H12N2O. The predicted molar refractivity (Wildman–Crippen MR) is 46.2 cm³/mol. The molecule has 0 radical (unpaired) electrons. The minimum atomic E-state index is 0.120. The van der Waals surface area contributed by atoms with Crippen LogP contribution in [0.15, 0.2) is 10.9 Å². The van der Waals surface area contributed by atoms with Gasteiger partial charge in [0.25, 0.3) is 5.56 Å². The summed E-state index contributed by atoms with van der Waals surface area (Å²) in [7, 11) is 0. The van der Waals surface area contributed by atoms with Crippen molar-refractivity contribution < 1.29 is 0 Å². The van der Waals surface area contributed by atoms with Crippen LogP contribution in [0.25, 0.3) is 0 Å². The Balaban J connectivity index is 2.59. The fraction of sp³-hybridized carbons (Fsp3) is 0.556. The standard InChI is InChI=1S/C9H12N2O/c1-2-7-6-9(12)11-5-3-4-8(11)10-7/h6H,2-5H2,1H3. The number of nitrogens with zero attached hydrogens (tertiary/aromatic N) is 2. The third kappa shape index (κ3) is 1.05. The number of hydrogen-bond donors (Lipinski definition) is 0. The van der Waals surface area contributed by atoms with Crippen LogP contribution in [0.1, 0.15) is 24.9 Å². The van der Waals surface area contributed by atoms with Gasteiger partial charge in [-0.25, -0.2) is 4.98 Å². The van der Waals surface area contributed by atoms with Crippen LogP contribution in [0.3, 0.4) is 0 Å². The maximum Gasteiger partial charge on any atom is 0.253 e. The molecule has 0 fully saturated rings. The van der Waals surface area contributed by atoms with Crippen molar-refractivity contribution in [2.45, 2.75) is 32.7 Å². The molecule has 0 unspecified atom stereocenters. The minimum absolute atomic E-state index is 0.120. The second-order valence-electron chi connectivity index (χ2n) is 3.11. The molecule has 3 heteroatoms. The molecule has 0 aromatic carbocycles. The van der Waals surface area contributed by atoms with Crippen molar-refractivity contribution >= 4 is 0 Å². The molecular weight excluding hydrogens is 152 g/mol. The number of fused-ring (bicyclic) bond motifs is 1. The highest BCUT2D eigenvalue weighted by Gasteiger charge is 2.13. The summed E-state index contributed by atoms with van der Waals surface area (Å²) in [4.78, 5) is 15.8. The van der Waals surface area contributed by atoms with Gasteiger partial charge in [-0.1, -0.05) is 6.92 Å². The van der Waals surface area contributed by atoms with Crippen LogP contribution >= 0.6 is 0 Å². The highest BCUT2D eigenvalue weighted by molar-refractivity contribution is 5.06. The second-order valence-corrected chi connectivity index (χ2v) is 3.11. The predicted octanol–water partition coefficient (Wildman–Crippen LogP) is 0.752. The van der Waals surface area contributed by atoms with Crippen molar-refractivity contribution in [3.05, 3.63) is 27.9 Å². The SMILES string of the molecule is CCc1cc(=O)n2c(n1)CCC2. The van der Waals surface area contributed by atoms with Crippen molar-refractivity contribution in [2.24, 2.45) is 0 Å². The van der Waals surface area contributed by atoms with Crippen LogP contribution in [0.2, 0.25) is 0 Å². The van der Waals surface area contributed by atoms with Crippen LogP contribution in [-0.2, 0) is 19.4 Å². The van der Waals surface area contributed by atoms with Crippen molar-refractivity contribution in [2.75, 3.05) is 0 Å². The lowest BCUT2D eigenvalue weighted by atomic mass is 10.3. The van der Waals surface area contributed by atoms with Gasteiger partial charge in [-0.3, -0.25) is 9.36 Å². The Morgan fingerprint density at radius 2 is 2.50 bits per heavy atom. The van der Waals surface area contributed by atoms with Crippen molar-refractivity contribution in [3.63, 3.8) is 0 Å². The summed E-state index contributed by atoms with van der Waals surface area (Å²) in [6.45, 7) is 2.87. The maximum absolute atomic E-state index is 11.4. The first-order chi connectivity index (χ1) is 5.81. The number of aryl methyl sites for hydroxylation is 2. The van der Waals surface area contributed by atoms with Crippen LogP contribution in [0.5, 0.6) is 0 Å². The van der Waals surface area contributed by atoms with Gasteiger partial charge in [0.05, 0.1) is 0 Å². The largest absolute Gasteiger partial charge is 0.297 e. The molecule has 1 aromatic rings. The summed E-state index contributed by atoms with van der Waals surface area (Å²) in [5.41, 5.74) is 1.04. The average molecular weight is 164 g/mol. The highest BCUT2D eigenvalue weighted by atomic mass is 16.1. The third-order valence-electron chi connectivity index (χ3n) is 2.28. The molecule has 12 heavy (non-hydrogen) atoms. The monoisotopic (exact) mass is 164 g/mol. The van der Waals surface area contributed by atoms with E-state index in [1.54, 1.807) is 10.6 Å².